The summed E-state index contributed by atoms with van der Waals surface area (Å²) in [5.41, 5.74) is 0.808. The van der Waals surface area contributed by atoms with Crippen LogP contribution in [0.1, 0.15) is 34.6 Å². The molecular weight excluding hydrogens is 382 g/mol. The molecule has 154 valence electrons. The van der Waals surface area contributed by atoms with Crippen LogP contribution in [-0.4, -0.2) is 30.0 Å². The standard InChI is InChI=1S/C23H23N3O4/c1-3-29-18-12-7-5-10-16(18)22(27)25-20-14-9-15-21(24-20)26-23(28)17-11-6-8-13-19(17)30-4-2/h5-15H,3-4H2,1-2H3,(H2,24,25,26,27,28). The van der Waals surface area contributed by atoms with Crippen LogP contribution in [0.25, 0.3) is 0 Å². The first-order valence-electron chi connectivity index (χ1n) is 9.65. The maximum Gasteiger partial charge on any atom is 0.260 e. The molecule has 0 spiro atoms. The predicted octanol–water partition coefficient (Wildman–Crippen LogP) is 4.38. The Bertz CT molecular complexity index is 957. The minimum atomic E-state index is -0.350. The number of amides is 2. The number of aromatic nitrogens is 1. The Balaban J connectivity index is 1.74. The Hall–Kier alpha value is -3.87. The van der Waals surface area contributed by atoms with Gasteiger partial charge >= 0.3 is 0 Å². The smallest absolute Gasteiger partial charge is 0.260 e. The van der Waals surface area contributed by atoms with Crippen molar-refractivity contribution in [2.45, 2.75) is 13.8 Å². The van der Waals surface area contributed by atoms with Gasteiger partial charge in [-0.1, -0.05) is 30.3 Å². The third kappa shape index (κ3) is 5.14. The number of pyridine rings is 1. The molecule has 0 unspecified atom stereocenters. The lowest BCUT2D eigenvalue weighted by molar-refractivity contribution is 0.101. The number of para-hydroxylation sites is 2. The monoisotopic (exact) mass is 405 g/mol. The second kappa shape index (κ2) is 10.1. The van der Waals surface area contributed by atoms with Crippen LogP contribution in [0.4, 0.5) is 11.6 Å². The Labute approximate surface area is 175 Å². The van der Waals surface area contributed by atoms with Crippen LogP contribution >= 0.6 is 0 Å². The van der Waals surface area contributed by atoms with E-state index in [2.05, 4.69) is 15.6 Å². The summed E-state index contributed by atoms with van der Waals surface area (Å²) in [6.07, 6.45) is 0. The third-order valence-corrected chi connectivity index (χ3v) is 4.10. The number of carbonyl (C=O) groups is 2. The summed E-state index contributed by atoms with van der Waals surface area (Å²) in [5.74, 6) is 0.904. The van der Waals surface area contributed by atoms with Gasteiger partial charge in [0.15, 0.2) is 0 Å². The number of anilines is 2. The summed E-state index contributed by atoms with van der Waals surface area (Å²) in [6, 6.07) is 18.9. The van der Waals surface area contributed by atoms with Gasteiger partial charge in [-0.05, 0) is 50.2 Å². The van der Waals surface area contributed by atoms with Crippen LogP contribution in [0, 0.1) is 0 Å². The number of hydrogen-bond acceptors (Lipinski definition) is 5. The third-order valence-electron chi connectivity index (χ3n) is 4.10. The zero-order chi connectivity index (χ0) is 21.3. The van der Waals surface area contributed by atoms with Gasteiger partial charge in [0.25, 0.3) is 11.8 Å². The molecule has 3 aromatic rings. The Morgan fingerprint density at radius 2 is 1.13 bits per heavy atom. The van der Waals surface area contributed by atoms with Crippen molar-refractivity contribution in [2.24, 2.45) is 0 Å². The maximum absolute atomic E-state index is 12.6. The van der Waals surface area contributed by atoms with Crippen molar-refractivity contribution in [1.82, 2.24) is 4.98 Å². The number of ether oxygens (including phenoxy) is 2. The molecule has 0 aliphatic carbocycles. The average Bonchev–Trinajstić information content (AvgIpc) is 2.75. The van der Waals surface area contributed by atoms with Crippen LogP contribution in [0.3, 0.4) is 0 Å². The SMILES string of the molecule is CCOc1ccccc1C(=O)Nc1cccc(NC(=O)c2ccccc2OCC)n1. The fourth-order valence-electron chi connectivity index (χ4n) is 2.81. The van der Waals surface area contributed by atoms with Crippen molar-refractivity contribution in [1.29, 1.82) is 0 Å². The zero-order valence-electron chi connectivity index (χ0n) is 16.8. The van der Waals surface area contributed by atoms with Gasteiger partial charge in [-0.25, -0.2) is 4.98 Å². The zero-order valence-corrected chi connectivity index (χ0v) is 16.8. The molecular formula is C23H23N3O4. The van der Waals surface area contributed by atoms with Gasteiger partial charge in [0.05, 0.1) is 24.3 Å². The van der Waals surface area contributed by atoms with E-state index in [-0.39, 0.29) is 11.8 Å². The minimum Gasteiger partial charge on any atom is -0.493 e. The molecule has 2 aromatic carbocycles. The molecule has 0 aliphatic rings. The van der Waals surface area contributed by atoms with Crippen molar-refractivity contribution in [3.8, 4) is 11.5 Å². The van der Waals surface area contributed by atoms with Crippen molar-refractivity contribution in [3.63, 3.8) is 0 Å². The van der Waals surface area contributed by atoms with E-state index in [0.717, 1.165) is 0 Å². The molecule has 1 aromatic heterocycles. The van der Waals surface area contributed by atoms with Crippen molar-refractivity contribution in [3.05, 3.63) is 77.9 Å². The molecule has 7 heteroatoms. The van der Waals surface area contributed by atoms with Crippen molar-refractivity contribution in [2.75, 3.05) is 23.8 Å². The second-order valence-electron chi connectivity index (χ2n) is 6.17. The topological polar surface area (TPSA) is 89.6 Å². The van der Waals surface area contributed by atoms with Gasteiger partial charge in [-0.3, -0.25) is 9.59 Å². The van der Waals surface area contributed by atoms with E-state index in [1.165, 1.54) is 0 Å². The summed E-state index contributed by atoms with van der Waals surface area (Å²) in [7, 11) is 0. The van der Waals surface area contributed by atoms with Gasteiger partial charge in [-0.2, -0.15) is 0 Å². The van der Waals surface area contributed by atoms with E-state index >= 15 is 0 Å². The number of carbonyl (C=O) groups excluding carboxylic acids is 2. The highest BCUT2D eigenvalue weighted by Gasteiger charge is 2.15. The molecule has 0 saturated heterocycles. The van der Waals surface area contributed by atoms with E-state index in [0.29, 0.717) is 47.5 Å². The highest BCUT2D eigenvalue weighted by atomic mass is 16.5. The van der Waals surface area contributed by atoms with Crippen LogP contribution in [0.5, 0.6) is 11.5 Å². The Kier molecular flexibility index (Phi) is 7.00. The van der Waals surface area contributed by atoms with E-state index in [1.54, 1.807) is 66.7 Å². The van der Waals surface area contributed by atoms with Crippen LogP contribution in [0.15, 0.2) is 66.7 Å². The summed E-state index contributed by atoms with van der Waals surface area (Å²) in [5, 5.41) is 5.47. The highest BCUT2D eigenvalue weighted by molar-refractivity contribution is 6.07. The first-order valence-corrected chi connectivity index (χ1v) is 9.65. The summed E-state index contributed by atoms with van der Waals surface area (Å²) >= 11 is 0. The average molecular weight is 405 g/mol. The summed E-state index contributed by atoms with van der Waals surface area (Å²) in [6.45, 7) is 4.61. The fourth-order valence-corrected chi connectivity index (χ4v) is 2.81. The molecule has 0 aliphatic heterocycles. The van der Waals surface area contributed by atoms with Crippen LogP contribution in [0.2, 0.25) is 0 Å². The van der Waals surface area contributed by atoms with Crippen molar-refractivity contribution < 1.29 is 19.1 Å². The highest BCUT2D eigenvalue weighted by Crippen LogP contribution is 2.21. The van der Waals surface area contributed by atoms with Crippen molar-refractivity contribution >= 4 is 23.5 Å². The fraction of sp³-hybridized carbons (Fsp3) is 0.174. The molecule has 0 radical (unpaired) electrons. The molecule has 1 heterocycles. The van der Waals surface area contributed by atoms with Gasteiger partial charge in [-0.15, -0.1) is 0 Å². The number of nitrogens with one attached hydrogen (secondary N) is 2. The lowest BCUT2D eigenvalue weighted by atomic mass is 10.2. The predicted molar refractivity (Wildman–Crippen MR) is 115 cm³/mol. The summed E-state index contributed by atoms with van der Waals surface area (Å²) in [4.78, 5) is 29.6. The van der Waals surface area contributed by atoms with Crippen LogP contribution < -0.4 is 20.1 Å². The lowest BCUT2D eigenvalue weighted by Crippen LogP contribution is -2.17. The minimum absolute atomic E-state index is 0.308. The Morgan fingerprint density at radius 3 is 1.57 bits per heavy atom. The van der Waals surface area contributed by atoms with Gasteiger partial charge < -0.3 is 20.1 Å². The normalized spacial score (nSPS) is 10.2. The van der Waals surface area contributed by atoms with Gasteiger partial charge in [0, 0.05) is 0 Å². The molecule has 0 fully saturated rings. The molecule has 2 amide bonds. The lowest BCUT2D eigenvalue weighted by Gasteiger charge is -2.12. The van der Waals surface area contributed by atoms with E-state index in [4.69, 9.17) is 9.47 Å². The number of hydrogen-bond donors (Lipinski definition) is 2. The molecule has 7 nitrogen and oxygen atoms in total. The quantitative estimate of drug-likeness (QED) is 0.580. The van der Waals surface area contributed by atoms with E-state index in [9.17, 15) is 9.59 Å². The van der Waals surface area contributed by atoms with Gasteiger partial charge in [0.1, 0.15) is 23.1 Å². The number of nitrogens with zero attached hydrogens (tertiary/aromatic N) is 1. The second-order valence-corrected chi connectivity index (χ2v) is 6.17. The Morgan fingerprint density at radius 1 is 0.700 bits per heavy atom. The molecule has 2 N–H and O–H groups in total. The molecule has 0 bridgehead atoms. The van der Waals surface area contributed by atoms with E-state index in [1.807, 2.05) is 13.8 Å². The summed E-state index contributed by atoms with van der Waals surface area (Å²) < 4.78 is 11.0. The largest absolute Gasteiger partial charge is 0.493 e. The molecule has 3 rings (SSSR count). The van der Waals surface area contributed by atoms with Crippen LogP contribution in [-0.2, 0) is 0 Å². The number of rotatable bonds is 8. The number of benzene rings is 2. The van der Waals surface area contributed by atoms with E-state index < -0.39 is 0 Å². The first-order chi connectivity index (χ1) is 14.6. The molecule has 0 atom stereocenters. The van der Waals surface area contributed by atoms with Gasteiger partial charge in [0.2, 0.25) is 0 Å². The molecule has 0 saturated carbocycles. The first kappa shape index (κ1) is 20.9. The maximum atomic E-state index is 12.6. The molecule has 30 heavy (non-hydrogen) atoms.